The number of ether oxygens (including phenoxy) is 1. The molecular weight excluding hydrogens is 422 g/mol. The van der Waals surface area contributed by atoms with Crippen LogP contribution in [0.3, 0.4) is 0 Å². The van der Waals surface area contributed by atoms with Crippen molar-refractivity contribution in [2.75, 3.05) is 20.7 Å². The highest BCUT2D eigenvalue weighted by molar-refractivity contribution is 7.92. The van der Waals surface area contributed by atoms with E-state index in [1.165, 1.54) is 20.2 Å². The van der Waals surface area contributed by atoms with Gasteiger partial charge in [-0.1, -0.05) is 36.4 Å². The molecule has 9 heteroatoms. The molecular formula is C21H25N3O4S2. The Bertz CT molecular complexity index is 1040. The first-order chi connectivity index (χ1) is 14.3. The van der Waals surface area contributed by atoms with Crippen LogP contribution in [-0.2, 0) is 21.2 Å². The first-order valence-corrected chi connectivity index (χ1v) is 11.1. The summed E-state index contributed by atoms with van der Waals surface area (Å²) >= 11 is 4.89. The smallest absolute Gasteiger partial charge is 0.267 e. The van der Waals surface area contributed by atoms with Gasteiger partial charge in [0.05, 0.1) is 7.11 Å². The van der Waals surface area contributed by atoms with Crippen LogP contribution >= 0.6 is 12.2 Å². The molecule has 160 valence electrons. The van der Waals surface area contributed by atoms with Crippen molar-refractivity contribution in [1.82, 2.24) is 15.4 Å². The minimum atomic E-state index is -3.90. The van der Waals surface area contributed by atoms with E-state index < -0.39 is 10.0 Å². The number of benzene rings is 2. The molecule has 0 aliphatic rings. The van der Waals surface area contributed by atoms with Crippen LogP contribution in [0, 0.1) is 0 Å². The summed E-state index contributed by atoms with van der Waals surface area (Å²) in [5.74, 6) is -0.00523. The summed E-state index contributed by atoms with van der Waals surface area (Å²) in [4.78, 5) is 12.1. The van der Waals surface area contributed by atoms with Crippen molar-refractivity contribution >= 4 is 38.8 Å². The van der Waals surface area contributed by atoms with Crippen LogP contribution in [0.4, 0.5) is 0 Å². The van der Waals surface area contributed by atoms with E-state index in [2.05, 4.69) is 15.4 Å². The van der Waals surface area contributed by atoms with Crippen molar-refractivity contribution in [1.29, 1.82) is 0 Å². The summed E-state index contributed by atoms with van der Waals surface area (Å²) in [5, 5.41) is 5.36. The van der Waals surface area contributed by atoms with E-state index in [1.807, 2.05) is 37.3 Å². The van der Waals surface area contributed by atoms with E-state index in [9.17, 15) is 13.2 Å². The summed E-state index contributed by atoms with van der Waals surface area (Å²) in [5.41, 5.74) is 2.57. The second-order valence-corrected chi connectivity index (χ2v) is 8.46. The lowest BCUT2D eigenvalue weighted by atomic mass is 10.1. The van der Waals surface area contributed by atoms with E-state index in [4.69, 9.17) is 17.0 Å². The first kappa shape index (κ1) is 23.4. The fourth-order valence-electron chi connectivity index (χ4n) is 2.68. The average molecular weight is 448 g/mol. The van der Waals surface area contributed by atoms with Gasteiger partial charge >= 0.3 is 0 Å². The highest BCUT2D eigenvalue weighted by Crippen LogP contribution is 2.25. The predicted molar refractivity (Wildman–Crippen MR) is 122 cm³/mol. The Kier molecular flexibility index (Phi) is 8.37. The van der Waals surface area contributed by atoms with Gasteiger partial charge in [-0.15, -0.1) is 0 Å². The predicted octanol–water partition coefficient (Wildman–Crippen LogP) is 2.24. The van der Waals surface area contributed by atoms with E-state index >= 15 is 0 Å². The molecule has 0 saturated heterocycles. The average Bonchev–Trinajstić information content (AvgIpc) is 2.73. The van der Waals surface area contributed by atoms with Crippen LogP contribution in [0.15, 0.2) is 59.5 Å². The maximum Gasteiger partial charge on any atom is 0.267 e. The van der Waals surface area contributed by atoms with E-state index in [-0.39, 0.29) is 21.7 Å². The molecule has 30 heavy (non-hydrogen) atoms. The number of sulfonamides is 1. The molecule has 0 heterocycles. The van der Waals surface area contributed by atoms with Crippen LogP contribution in [-0.4, -0.2) is 40.1 Å². The molecule has 0 unspecified atom stereocenters. The molecule has 0 aliphatic carbocycles. The SMILES string of the molecule is CNC(=S)NS(=O)(=O)c1cc(CCNC(=O)C=C(C)c2ccccc2)ccc1OC. The summed E-state index contributed by atoms with van der Waals surface area (Å²) in [6.07, 6.45) is 1.99. The van der Waals surface area contributed by atoms with Crippen LogP contribution in [0.2, 0.25) is 0 Å². The summed E-state index contributed by atoms with van der Waals surface area (Å²) in [6.45, 7) is 2.23. The normalized spacial score (nSPS) is 11.5. The van der Waals surface area contributed by atoms with Gasteiger partial charge in [-0.05, 0) is 54.4 Å². The fourth-order valence-corrected chi connectivity index (χ4v) is 4.18. The molecule has 2 aromatic rings. The van der Waals surface area contributed by atoms with Gasteiger partial charge in [0.25, 0.3) is 10.0 Å². The second kappa shape index (κ2) is 10.7. The third kappa shape index (κ3) is 6.57. The van der Waals surface area contributed by atoms with Crippen LogP contribution in [0.5, 0.6) is 5.75 Å². The summed E-state index contributed by atoms with van der Waals surface area (Å²) < 4.78 is 32.6. The molecule has 1 amide bonds. The fraction of sp³-hybridized carbons (Fsp3) is 0.238. The lowest BCUT2D eigenvalue weighted by Gasteiger charge is -2.13. The quantitative estimate of drug-likeness (QED) is 0.424. The highest BCUT2D eigenvalue weighted by Gasteiger charge is 2.21. The molecule has 2 aromatic carbocycles. The molecule has 0 atom stereocenters. The van der Waals surface area contributed by atoms with Crippen molar-refractivity contribution in [3.05, 3.63) is 65.7 Å². The standard InChI is InChI=1S/C21H25N3O4S2/c1-15(17-7-5-4-6-8-17)13-20(25)23-12-11-16-9-10-18(28-3)19(14-16)30(26,27)24-21(29)22-2/h4-10,13-14H,11-12H2,1-3H3,(H,23,25)(H2,22,24,29). The topological polar surface area (TPSA) is 96.5 Å². The van der Waals surface area contributed by atoms with E-state index in [1.54, 1.807) is 18.2 Å². The summed E-state index contributed by atoms with van der Waals surface area (Å²) in [6, 6.07) is 14.5. The number of amides is 1. The van der Waals surface area contributed by atoms with Gasteiger partial charge in [-0.25, -0.2) is 8.42 Å². The number of methoxy groups -OCH3 is 1. The number of hydrogen-bond donors (Lipinski definition) is 3. The molecule has 3 N–H and O–H groups in total. The molecule has 2 rings (SSSR count). The van der Waals surface area contributed by atoms with Gasteiger partial charge in [-0.2, -0.15) is 0 Å². The van der Waals surface area contributed by atoms with E-state index in [0.29, 0.717) is 13.0 Å². The number of thiocarbonyl (C=S) groups is 1. The number of rotatable bonds is 8. The number of carbonyl (C=O) groups excluding carboxylic acids is 1. The number of nitrogens with one attached hydrogen (secondary N) is 3. The maximum atomic E-state index is 12.6. The molecule has 0 bridgehead atoms. The zero-order valence-corrected chi connectivity index (χ0v) is 18.7. The third-order valence-corrected chi connectivity index (χ3v) is 6.07. The highest BCUT2D eigenvalue weighted by atomic mass is 32.2. The first-order valence-electron chi connectivity index (χ1n) is 9.20. The Morgan fingerprint density at radius 1 is 1.17 bits per heavy atom. The lowest BCUT2D eigenvalue weighted by molar-refractivity contribution is -0.116. The summed E-state index contributed by atoms with van der Waals surface area (Å²) in [7, 11) is -0.982. The Labute approximate surface area is 182 Å². The zero-order chi connectivity index (χ0) is 22.1. The monoisotopic (exact) mass is 447 g/mol. The Morgan fingerprint density at radius 2 is 1.87 bits per heavy atom. The Hall–Kier alpha value is -2.91. The lowest BCUT2D eigenvalue weighted by Crippen LogP contribution is -2.37. The molecule has 7 nitrogen and oxygen atoms in total. The van der Waals surface area contributed by atoms with Gasteiger partial charge in [0, 0.05) is 19.7 Å². The molecule has 0 saturated carbocycles. The number of hydrogen-bond acceptors (Lipinski definition) is 5. The molecule has 0 fully saturated rings. The van der Waals surface area contributed by atoms with Crippen molar-refractivity contribution in [3.8, 4) is 5.75 Å². The minimum Gasteiger partial charge on any atom is -0.495 e. The second-order valence-electron chi connectivity index (χ2n) is 6.40. The zero-order valence-electron chi connectivity index (χ0n) is 17.1. The van der Waals surface area contributed by atoms with Gasteiger partial charge in [0.2, 0.25) is 5.91 Å². The maximum absolute atomic E-state index is 12.6. The van der Waals surface area contributed by atoms with E-state index in [0.717, 1.165) is 16.7 Å². The minimum absolute atomic E-state index is 0.0182. The van der Waals surface area contributed by atoms with Gasteiger partial charge in [-0.3, -0.25) is 9.52 Å². The van der Waals surface area contributed by atoms with Crippen molar-refractivity contribution < 1.29 is 17.9 Å². The molecule has 0 aromatic heterocycles. The Morgan fingerprint density at radius 3 is 2.50 bits per heavy atom. The van der Waals surface area contributed by atoms with Crippen molar-refractivity contribution in [3.63, 3.8) is 0 Å². The van der Waals surface area contributed by atoms with Crippen molar-refractivity contribution in [2.45, 2.75) is 18.2 Å². The van der Waals surface area contributed by atoms with Gasteiger partial charge in [0.15, 0.2) is 5.11 Å². The Balaban J connectivity index is 2.05. The largest absolute Gasteiger partial charge is 0.495 e. The van der Waals surface area contributed by atoms with Gasteiger partial charge < -0.3 is 15.4 Å². The van der Waals surface area contributed by atoms with Crippen LogP contribution in [0.25, 0.3) is 5.57 Å². The number of allylic oxidation sites excluding steroid dienone is 1. The third-order valence-electron chi connectivity index (χ3n) is 4.26. The number of carbonyl (C=O) groups is 1. The molecule has 0 radical (unpaired) electrons. The van der Waals surface area contributed by atoms with Crippen LogP contribution in [0.1, 0.15) is 18.1 Å². The van der Waals surface area contributed by atoms with Crippen LogP contribution < -0.4 is 20.1 Å². The van der Waals surface area contributed by atoms with Crippen molar-refractivity contribution in [2.24, 2.45) is 0 Å². The van der Waals surface area contributed by atoms with Gasteiger partial charge in [0.1, 0.15) is 10.6 Å². The molecule has 0 spiro atoms. The molecule has 0 aliphatic heterocycles.